The summed E-state index contributed by atoms with van der Waals surface area (Å²) in [5.41, 5.74) is 1.88. The molecule has 0 amide bonds. The monoisotopic (exact) mass is 330 g/mol. The number of halogens is 1. The Morgan fingerprint density at radius 1 is 1.13 bits per heavy atom. The summed E-state index contributed by atoms with van der Waals surface area (Å²) in [4.78, 5) is 7.19. The predicted octanol–water partition coefficient (Wildman–Crippen LogP) is 5.01. The quantitative estimate of drug-likeness (QED) is 0.792. The predicted molar refractivity (Wildman–Crippen MR) is 92.3 cm³/mol. The van der Waals surface area contributed by atoms with Gasteiger partial charge in [-0.15, -0.1) is 0 Å². The van der Waals surface area contributed by atoms with Gasteiger partial charge in [-0.1, -0.05) is 43.0 Å². The summed E-state index contributed by atoms with van der Waals surface area (Å²) in [5.74, 6) is 2.49. The average Bonchev–Trinajstić information content (AvgIpc) is 3.03. The minimum atomic E-state index is 0.623. The number of fused-ring (bicyclic) bond motifs is 1. The van der Waals surface area contributed by atoms with E-state index in [0.717, 1.165) is 29.6 Å². The van der Waals surface area contributed by atoms with Gasteiger partial charge in [-0.2, -0.15) is 0 Å². The second-order valence-corrected chi connectivity index (χ2v) is 7.36. The Morgan fingerprint density at radius 2 is 1.96 bits per heavy atom. The topological polar surface area (TPSA) is 29.3 Å². The molecule has 2 aromatic rings. The second kappa shape index (κ2) is 6.66. The fourth-order valence-electron chi connectivity index (χ4n) is 4.19. The van der Waals surface area contributed by atoms with Crippen molar-refractivity contribution in [3.05, 3.63) is 41.2 Å². The highest BCUT2D eigenvalue weighted by Gasteiger charge is 2.31. The van der Waals surface area contributed by atoms with E-state index >= 15 is 0 Å². The van der Waals surface area contributed by atoms with E-state index in [1.54, 1.807) is 6.26 Å². The zero-order chi connectivity index (χ0) is 15.6. The molecule has 0 bridgehead atoms. The van der Waals surface area contributed by atoms with E-state index in [1.807, 2.05) is 24.3 Å². The minimum Gasteiger partial charge on any atom is -0.444 e. The fourth-order valence-corrected chi connectivity index (χ4v) is 4.40. The highest BCUT2D eigenvalue weighted by atomic mass is 35.5. The molecular formula is C19H23ClN2O. The Morgan fingerprint density at radius 3 is 2.83 bits per heavy atom. The van der Waals surface area contributed by atoms with Crippen LogP contribution in [0.1, 0.15) is 37.8 Å². The highest BCUT2D eigenvalue weighted by Crippen LogP contribution is 2.36. The maximum Gasteiger partial charge on any atom is 0.227 e. The van der Waals surface area contributed by atoms with Gasteiger partial charge < -0.3 is 4.42 Å². The molecule has 2 atom stereocenters. The molecule has 4 rings (SSSR count). The van der Waals surface area contributed by atoms with Crippen LogP contribution in [0.2, 0.25) is 5.02 Å². The molecule has 23 heavy (non-hydrogen) atoms. The largest absolute Gasteiger partial charge is 0.444 e. The summed E-state index contributed by atoms with van der Waals surface area (Å²) in [6.07, 6.45) is 8.83. The molecule has 3 nitrogen and oxygen atoms in total. The van der Waals surface area contributed by atoms with E-state index in [0.29, 0.717) is 10.9 Å². The Kier molecular flexibility index (Phi) is 4.41. The van der Waals surface area contributed by atoms with Gasteiger partial charge >= 0.3 is 0 Å². The molecule has 1 aliphatic heterocycles. The van der Waals surface area contributed by atoms with Crippen molar-refractivity contribution >= 4 is 11.6 Å². The highest BCUT2D eigenvalue weighted by molar-refractivity contribution is 6.33. The molecule has 2 aliphatic rings. The van der Waals surface area contributed by atoms with Gasteiger partial charge in [-0.05, 0) is 43.4 Å². The van der Waals surface area contributed by atoms with Crippen LogP contribution >= 0.6 is 11.6 Å². The number of hydrogen-bond acceptors (Lipinski definition) is 3. The van der Waals surface area contributed by atoms with Crippen molar-refractivity contribution in [1.29, 1.82) is 0 Å². The minimum absolute atomic E-state index is 0.623. The number of aromatic nitrogens is 1. The summed E-state index contributed by atoms with van der Waals surface area (Å²) < 4.78 is 5.66. The van der Waals surface area contributed by atoms with Gasteiger partial charge in [-0.3, -0.25) is 4.90 Å². The van der Waals surface area contributed by atoms with Crippen LogP contribution in [0.4, 0.5) is 0 Å². The number of hydrogen-bond donors (Lipinski definition) is 0. The maximum atomic E-state index is 6.23. The molecule has 0 N–H and O–H groups in total. The van der Waals surface area contributed by atoms with E-state index < -0.39 is 0 Å². The fraction of sp³-hybridized carbons (Fsp3) is 0.526. The van der Waals surface area contributed by atoms with E-state index in [9.17, 15) is 0 Å². The first-order valence-corrected chi connectivity index (χ1v) is 9.09. The Labute approximate surface area is 142 Å². The number of benzene rings is 1. The van der Waals surface area contributed by atoms with Gasteiger partial charge in [0.2, 0.25) is 5.89 Å². The van der Waals surface area contributed by atoms with E-state index in [-0.39, 0.29) is 0 Å². The van der Waals surface area contributed by atoms with Crippen molar-refractivity contribution in [2.24, 2.45) is 11.8 Å². The van der Waals surface area contributed by atoms with Crippen LogP contribution in [-0.2, 0) is 6.54 Å². The van der Waals surface area contributed by atoms with Gasteiger partial charge in [0.15, 0.2) is 0 Å². The van der Waals surface area contributed by atoms with Gasteiger partial charge in [-0.25, -0.2) is 4.98 Å². The summed E-state index contributed by atoms with van der Waals surface area (Å²) in [6.45, 7) is 3.30. The lowest BCUT2D eigenvalue weighted by Crippen LogP contribution is -2.41. The van der Waals surface area contributed by atoms with E-state index in [1.165, 1.54) is 45.2 Å². The Bertz CT molecular complexity index is 669. The molecular weight excluding hydrogens is 308 g/mol. The van der Waals surface area contributed by atoms with Gasteiger partial charge in [0.25, 0.3) is 0 Å². The first-order chi connectivity index (χ1) is 11.3. The van der Waals surface area contributed by atoms with Gasteiger partial charge in [0.1, 0.15) is 6.26 Å². The lowest BCUT2D eigenvalue weighted by atomic mass is 9.75. The average molecular weight is 331 g/mol. The van der Waals surface area contributed by atoms with Crippen LogP contribution in [-0.4, -0.2) is 23.0 Å². The van der Waals surface area contributed by atoms with E-state index in [4.69, 9.17) is 16.0 Å². The standard InChI is InChI=1S/C19H23ClN2O/c20-18-8-4-3-7-17(18)19-21-16(13-23-19)12-22-10-9-14-5-1-2-6-15(14)11-22/h3-4,7-8,13-15H,1-2,5-6,9-12H2/t14-,15-/m1/s1. The first-order valence-electron chi connectivity index (χ1n) is 8.71. The number of likely N-dealkylation sites (tertiary alicyclic amines) is 1. The molecule has 2 heterocycles. The van der Waals surface area contributed by atoms with Crippen LogP contribution in [0.3, 0.4) is 0 Å². The first kappa shape index (κ1) is 15.2. The van der Waals surface area contributed by atoms with Crippen molar-refractivity contribution in [1.82, 2.24) is 9.88 Å². The number of piperidine rings is 1. The van der Waals surface area contributed by atoms with E-state index in [2.05, 4.69) is 9.88 Å². The molecule has 1 saturated carbocycles. The van der Waals surface area contributed by atoms with Crippen LogP contribution in [0.5, 0.6) is 0 Å². The SMILES string of the molecule is Clc1ccccc1-c1nc(CN2CC[C@H]3CCCC[C@@H]3C2)co1. The Balaban J connectivity index is 1.43. The number of nitrogens with zero attached hydrogens (tertiary/aromatic N) is 2. The van der Waals surface area contributed by atoms with Crippen molar-refractivity contribution in [3.8, 4) is 11.5 Å². The Hall–Kier alpha value is -1.32. The molecule has 122 valence electrons. The van der Waals surface area contributed by atoms with Crippen LogP contribution in [0.25, 0.3) is 11.5 Å². The second-order valence-electron chi connectivity index (χ2n) is 6.95. The van der Waals surface area contributed by atoms with Gasteiger partial charge in [0.05, 0.1) is 16.3 Å². The molecule has 0 radical (unpaired) electrons. The molecule has 1 aromatic carbocycles. The third-order valence-electron chi connectivity index (χ3n) is 5.42. The molecule has 1 saturated heterocycles. The smallest absolute Gasteiger partial charge is 0.227 e. The molecule has 1 aliphatic carbocycles. The molecule has 1 aromatic heterocycles. The summed E-state index contributed by atoms with van der Waals surface area (Å²) in [5, 5.41) is 0.684. The van der Waals surface area contributed by atoms with Crippen molar-refractivity contribution in [2.45, 2.75) is 38.6 Å². The van der Waals surface area contributed by atoms with Crippen molar-refractivity contribution in [2.75, 3.05) is 13.1 Å². The normalized spacial score (nSPS) is 25.3. The van der Waals surface area contributed by atoms with Crippen LogP contribution in [0, 0.1) is 11.8 Å². The molecule has 0 spiro atoms. The molecule has 0 unspecified atom stereocenters. The van der Waals surface area contributed by atoms with Crippen molar-refractivity contribution < 1.29 is 4.42 Å². The number of oxazole rings is 1. The van der Waals surface area contributed by atoms with Crippen LogP contribution in [0.15, 0.2) is 34.9 Å². The third-order valence-corrected chi connectivity index (χ3v) is 5.75. The lowest BCUT2D eigenvalue weighted by Gasteiger charge is -2.41. The van der Waals surface area contributed by atoms with Crippen molar-refractivity contribution in [3.63, 3.8) is 0 Å². The lowest BCUT2D eigenvalue weighted by molar-refractivity contribution is 0.0812. The zero-order valence-corrected chi connectivity index (χ0v) is 14.1. The summed E-state index contributed by atoms with van der Waals surface area (Å²) in [7, 11) is 0. The zero-order valence-electron chi connectivity index (χ0n) is 13.4. The third kappa shape index (κ3) is 3.31. The maximum absolute atomic E-state index is 6.23. The number of rotatable bonds is 3. The molecule has 4 heteroatoms. The summed E-state index contributed by atoms with van der Waals surface area (Å²) in [6, 6.07) is 7.70. The van der Waals surface area contributed by atoms with Gasteiger partial charge in [0, 0.05) is 13.1 Å². The van der Waals surface area contributed by atoms with Crippen LogP contribution < -0.4 is 0 Å². The molecule has 2 fully saturated rings. The summed E-state index contributed by atoms with van der Waals surface area (Å²) >= 11 is 6.23.